The fourth-order valence-electron chi connectivity index (χ4n) is 5.21. The summed E-state index contributed by atoms with van der Waals surface area (Å²) in [6, 6.07) is 20.7. The maximum Gasteiger partial charge on any atom is 0.258 e. The highest BCUT2D eigenvalue weighted by Gasteiger charge is 2.42. The first kappa shape index (κ1) is 18.7. The molecule has 2 unspecified atom stereocenters. The van der Waals surface area contributed by atoms with Gasteiger partial charge in [-0.15, -0.1) is 0 Å². The van der Waals surface area contributed by atoms with E-state index in [0.717, 1.165) is 52.3 Å². The first-order chi connectivity index (χ1) is 15.2. The Balaban J connectivity index is 1.38. The average molecular weight is 412 g/mol. The second-order valence-corrected chi connectivity index (χ2v) is 8.87. The van der Waals surface area contributed by atoms with E-state index in [1.807, 2.05) is 41.1 Å². The van der Waals surface area contributed by atoms with Crippen LogP contribution in [0.25, 0.3) is 21.7 Å². The van der Waals surface area contributed by atoms with Gasteiger partial charge in [0.1, 0.15) is 6.23 Å². The summed E-state index contributed by atoms with van der Waals surface area (Å²) in [5.74, 6) is 0.466. The first-order valence-electron chi connectivity index (χ1n) is 11.1. The zero-order chi connectivity index (χ0) is 20.9. The molecular weight excluding hydrogens is 386 g/mol. The van der Waals surface area contributed by atoms with Gasteiger partial charge in [0.2, 0.25) is 0 Å². The molecule has 0 radical (unpaired) electrons. The SMILES string of the molecule is O=c1c2c(C3CCN[C@H](O)C3)cccc2ccn1[C@@H]1CC1c1ccc2ccccc2n1. The van der Waals surface area contributed by atoms with Crippen LogP contribution in [0.4, 0.5) is 0 Å². The molecule has 2 fully saturated rings. The lowest BCUT2D eigenvalue weighted by Gasteiger charge is -2.28. The minimum Gasteiger partial charge on any atom is -0.379 e. The minimum atomic E-state index is -0.508. The van der Waals surface area contributed by atoms with Gasteiger partial charge in [-0.25, -0.2) is 0 Å². The molecule has 2 N–H and O–H groups in total. The van der Waals surface area contributed by atoms with E-state index in [0.29, 0.717) is 6.42 Å². The summed E-state index contributed by atoms with van der Waals surface area (Å²) in [5, 5.41) is 16.1. The van der Waals surface area contributed by atoms with Crippen molar-refractivity contribution in [3.63, 3.8) is 0 Å². The predicted molar refractivity (Wildman–Crippen MR) is 122 cm³/mol. The molecule has 1 aliphatic carbocycles. The largest absolute Gasteiger partial charge is 0.379 e. The van der Waals surface area contributed by atoms with E-state index in [1.165, 1.54) is 0 Å². The molecule has 0 spiro atoms. The summed E-state index contributed by atoms with van der Waals surface area (Å²) in [5.41, 5.74) is 3.21. The molecule has 1 saturated heterocycles. The zero-order valence-electron chi connectivity index (χ0n) is 17.2. The van der Waals surface area contributed by atoms with Crippen molar-refractivity contribution in [3.8, 4) is 0 Å². The van der Waals surface area contributed by atoms with Crippen LogP contribution in [0.2, 0.25) is 0 Å². The van der Waals surface area contributed by atoms with E-state index in [1.54, 1.807) is 0 Å². The van der Waals surface area contributed by atoms with Gasteiger partial charge in [0.15, 0.2) is 0 Å². The summed E-state index contributed by atoms with van der Waals surface area (Å²) >= 11 is 0. The highest BCUT2D eigenvalue weighted by atomic mass is 16.3. The molecule has 31 heavy (non-hydrogen) atoms. The highest BCUT2D eigenvalue weighted by molar-refractivity contribution is 5.85. The van der Waals surface area contributed by atoms with Crippen molar-refractivity contribution < 1.29 is 5.11 Å². The van der Waals surface area contributed by atoms with Gasteiger partial charge in [-0.1, -0.05) is 42.5 Å². The number of aliphatic hydroxyl groups excluding tert-OH is 1. The molecule has 1 saturated carbocycles. The summed E-state index contributed by atoms with van der Waals surface area (Å²) < 4.78 is 1.91. The van der Waals surface area contributed by atoms with E-state index in [4.69, 9.17) is 4.98 Å². The number of nitrogens with zero attached hydrogens (tertiary/aromatic N) is 2. The van der Waals surface area contributed by atoms with Gasteiger partial charge in [0.05, 0.1) is 10.9 Å². The number of piperidine rings is 1. The van der Waals surface area contributed by atoms with Gasteiger partial charge in [-0.05, 0) is 60.9 Å². The molecule has 2 aromatic heterocycles. The van der Waals surface area contributed by atoms with E-state index in [9.17, 15) is 9.90 Å². The first-order valence-corrected chi connectivity index (χ1v) is 11.1. The number of aromatic nitrogens is 2. The van der Waals surface area contributed by atoms with E-state index in [-0.39, 0.29) is 23.4 Å². The van der Waals surface area contributed by atoms with Crippen molar-refractivity contribution in [1.82, 2.24) is 14.9 Å². The number of pyridine rings is 2. The lowest BCUT2D eigenvalue weighted by Crippen LogP contribution is -2.37. The Labute approximate surface area is 180 Å². The quantitative estimate of drug-likeness (QED) is 0.533. The molecule has 2 aromatic carbocycles. The number of fused-ring (bicyclic) bond motifs is 2. The van der Waals surface area contributed by atoms with Crippen molar-refractivity contribution in [1.29, 1.82) is 0 Å². The van der Waals surface area contributed by atoms with Gasteiger partial charge in [-0.3, -0.25) is 15.1 Å². The second kappa shape index (κ2) is 7.29. The molecule has 156 valence electrons. The fourth-order valence-corrected chi connectivity index (χ4v) is 5.21. The van der Waals surface area contributed by atoms with Gasteiger partial charge in [0.25, 0.3) is 5.56 Å². The average Bonchev–Trinajstić information content (AvgIpc) is 3.59. The maximum absolute atomic E-state index is 13.6. The molecule has 2 aliphatic rings. The lowest BCUT2D eigenvalue weighted by atomic mass is 9.86. The molecule has 0 amide bonds. The summed E-state index contributed by atoms with van der Waals surface area (Å²) in [6.45, 7) is 0.765. The van der Waals surface area contributed by atoms with Crippen LogP contribution in [-0.4, -0.2) is 27.4 Å². The molecule has 3 heterocycles. The van der Waals surface area contributed by atoms with E-state index < -0.39 is 6.23 Å². The van der Waals surface area contributed by atoms with Gasteiger partial charge >= 0.3 is 0 Å². The Hall–Kier alpha value is -3.02. The summed E-state index contributed by atoms with van der Waals surface area (Å²) in [4.78, 5) is 18.5. The van der Waals surface area contributed by atoms with Crippen LogP contribution in [0.1, 0.15) is 48.4 Å². The van der Waals surface area contributed by atoms with Crippen molar-refractivity contribution in [2.45, 2.75) is 43.4 Å². The molecule has 4 atom stereocenters. The minimum absolute atomic E-state index is 0.0782. The van der Waals surface area contributed by atoms with Crippen LogP contribution in [0, 0.1) is 0 Å². The van der Waals surface area contributed by atoms with Crippen molar-refractivity contribution in [2.24, 2.45) is 0 Å². The third kappa shape index (κ3) is 3.25. The van der Waals surface area contributed by atoms with Gasteiger partial charge in [-0.2, -0.15) is 0 Å². The van der Waals surface area contributed by atoms with Crippen molar-refractivity contribution in [3.05, 3.63) is 88.5 Å². The number of para-hydroxylation sites is 1. The van der Waals surface area contributed by atoms with Crippen LogP contribution >= 0.6 is 0 Å². The Kier molecular flexibility index (Phi) is 4.40. The molecule has 5 heteroatoms. The molecule has 5 nitrogen and oxygen atoms in total. The standard InChI is InChI=1S/C26H25N3O2/c30-24-14-18(10-12-27-24)19-6-3-5-17-11-13-29(26(31)25(17)19)23-15-20(23)22-9-8-16-4-1-2-7-21(16)28-22/h1-9,11,13,18,20,23-24,27,30H,10,12,14-15H2/t18?,20?,23-,24-/m1/s1. The third-order valence-corrected chi connectivity index (χ3v) is 6.93. The fraction of sp³-hybridized carbons (Fsp3) is 0.308. The molecular formula is C26H25N3O2. The smallest absolute Gasteiger partial charge is 0.258 e. The molecule has 4 aromatic rings. The van der Waals surface area contributed by atoms with Crippen molar-refractivity contribution >= 4 is 21.7 Å². The summed E-state index contributed by atoms with van der Waals surface area (Å²) in [7, 11) is 0. The Bertz CT molecular complexity index is 1350. The maximum atomic E-state index is 13.6. The normalized spacial score (nSPS) is 25.7. The molecule has 0 bridgehead atoms. The Morgan fingerprint density at radius 1 is 0.968 bits per heavy atom. The Morgan fingerprint density at radius 2 is 1.84 bits per heavy atom. The van der Waals surface area contributed by atoms with Crippen LogP contribution in [0.5, 0.6) is 0 Å². The van der Waals surface area contributed by atoms with Crippen LogP contribution in [-0.2, 0) is 0 Å². The van der Waals surface area contributed by atoms with Gasteiger partial charge < -0.3 is 9.67 Å². The number of hydrogen-bond acceptors (Lipinski definition) is 4. The predicted octanol–water partition coefficient (Wildman–Crippen LogP) is 4.06. The number of aliphatic hydroxyl groups is 1. The zero-order valence-corrected chi connectivity index (χ0v) is 17.2. The van der Waals surface area contributed by atoms with E-state index in [2.05, 4.69) is 35.6 Å². The third-order valence-electron chi connectivity index (χ3n) is 6.93. The number of rotatable bonds is 3. The van der Waals surface area contributed by atoms with Crippen LogP contribution in [0.15, 0.2) is 71.7 Å². The number of hydrogen-bond donors (Lipinski definition) is 2. The van der Waals surface area contributed by atoms with Crippen molar-refractivity contribution in [2.75, 3.05) is 6.54 Å². The lowest BCUT2D eigenvalue weighted by molar-refractivity contribution is 0.0980. The highest BCUT2D eigenvalue weighted by Crippen LogP contribution is 2.50. The number of benzene rings is 2. The van der Waals surface area contributed by atoms with Gasteiger partial charge in [0, 0.05) is 29.2 Å². The topological polar surface area (TPSA) is 67.2 Å². The monoisotopic (exact) mass is 411 g/mol. The molecule has 6 rings (SSSR count). The van der Waals surface area contributed by atoms with Crippen LogP contribution < -0.4 is 10.9 Å². The van der Waals surface area contributed by atoms with E-state index >= 15 is 0 Å². The van der Waals surface area contributed by atoms with Crippen LogP contribution in [0.3, 0.4) is 0 Å². The molecule has 1 aliphatic heterocycles. The Morgan fingerprint density at radius 3 is 2.74 bits per heavy atom. The number of nitrogens with one attached hydrogen (secondary N) is 1. The summed E-state index contributed by atoms with van der Waals surface area (Å²) in [6.07, 6.45) is 3.94. The second-order valence-electron chi connectivity index (χ2n) is 8.87.